The van der Waals surface area contributed by atoms with Crippen molar-refractivity contribution in [1.29, 1.82) is 0 Å². The van der Waals surface area contributed by atoms with Gasteiger partial charge in [-0.25, -0.2) is 0 Å². The van der Waals surface area contributed by atoms with Crippen molar-refractivity contribution in [2.24, 2.45) is 5.41 Å². The summed E-state index contributed by atoms with van der Waals surface area (Å²) >= 11 is 0. The van der Waals surface area contributed by atoms with Crippen LogP contribution in [0.25, 0.3) is 0 Å². The highest BCUT2D eigenvalue weighted by molar-refractivity contribution is 5.81. The summed E-state index contributed by atoms with van der Waals surface area (Å²) in [6.45, 7) is 7.20. The van der Waals surface area contributed by atoms with Gasteiger partial charge in [0, 0.05) is 30.9 Å². The Balaban J connectivity index is 2.54. The van der Waals surface area contributed by atoms with Crippen LogP contribution in [0, 0.1) is 5.41 Å². The van der Waals surface area contributed by atoms with Gasteiger partial charge in [-0.1, -0.05) is 19.9 Å². The summed E-state index contributed by atoms with van der Waals surface area (Å²) in [4.78, 5) is 17.6. The van der Waals surface area contributed by atoms with Gasteiger partial charge in [0.05, 0.1) is 0 Å². The van der Waals surface area contributed by atoms with Crippen molar-refractivity contribution < 1.29 is 4.79 Å². The van der Waals surface area contributed by atoms with E-state index in [2.05, 4.69) is 9.88 Å². The number of aromatic nitrogens is 1. The second-order valence-electron chi connectivity index (χ2n) is 4.97. The van der Waals surface area contributed by atoms with Crippen LogP contribution in [0.4, 0.5) is 0 Å². The molecule has 0 unspecified atom stereocenters. The van der Waals surface area contributed by atoms with Gasteiger partial charge in [0.2, 0.25) is 0 Å². The topological polar surface area (TPSA) is 33.2 Å². The number of ketones is 1. The standard InChI is InChI=1S/C13H20N2O/c1-11(16)13(2,3)10-15(4)9-12-6-5-7-14-8-12/h5-8H,9-10H2,1-4H3. The Morgan fingerprint density at radius 3 is 2.69 bits per heavy atom. The lowest BCUT2D eigenvalue weighted by Crippen LogP contribution is -2.35. The normalized spacial score (nSPS) is 11.8. The average Bonchev–Trinajstić information content (AvgIpc) is 2.17. The highest BCUT2D eigenvalue weighted by Crippen LogP contribution is 2.18. The molecule has 0 radical (unpaired) electrons. The smallest absolute Gasteiger partial charge is 0.136 e. The van der Waals surface area contributed by atoms with Crippen molar-refractivity contribution in [3.8, 4) is 0 Å². The molecule has 88 valence electrons. The van der Waals surface area contributed by atoms with Crippen molar-refractivity contribution in [3.05, 3.63) is 30.1 Å². The van der Waals surface area contributed by atoms with Crippen LogP contribution in [0.3, 0.4) is 0 Å². The number of rotatable bonds is 5. The van der Waals surface area contributed by atoms with Crippen LogP contribution >= 0.6 is 0 Å². The van der Waals surface area contributed by atoms with Crippen molar-refractivity contribution in [2.45, 2.75) is 27.3 Å². The molecule has 0 aliphatic carbocycles. The summed E-state index contributed by atoms with van der Waals surface area (Å²) in [7, 11) is 2.03. The molecule has 0 aliphatic heterocycles. The lowest BCUT2D eigenvalue weighted by molar-refractivity contribution is -0.125. The maximum absolute atomic E-state index is 11.4. The fraction of sp³-hybridized carbons (Fsp3) is 0.538. The van der Waals surface area contributed by atoms with Crippen LogP contribution in [0.15, 0.2) is 24.5 Å². The highest BCUT2D eigenvalue weighted by Gasteiger charge is 2.25. The van der Waals surface area contributed by atoms with Crippen molar-refractivity contribution in [1.82, 2.24) is 9.88 Å². The molecule has 0 saturated carbocycles. The molecule has 16 heavy (non-hydrogen) atoms. The first-order valence-corrected chi connectivity index (χ1v) is 5.50. The van der Waals surface area contributed by atoms with E-state index in [1.807, 2.05) is 39.2 Å². The monoisotopic (exact) mass is 220 g/mol. The minimum Gasteiger partial charge on any atom is -0.301 e. The molecule has 3 nitrogen and oxygen atoms in total. The number of carbonyl (C=O) groups excluding carboxylic acids is 1. The molecule has 1 rings (SSSR count). The number of pyridine rings is 1. The van der Waals surface area contributed by atoms with Crippen molar-refractivity contribution in [2.75, 3.05) is 13.6 Å². The Labute approximate surface area is 97.5 Å². The zero-order valence-corrected chi connectivity index (χ0v) is 10.5. The molecule has 0 aliphatic rings. The Morgan fingerprint density at radius 1 is 1.50 bits per heavy atom. The summed E-state index contributed by atoms with van der Waals surface area (Å²) < 4.78 is 0. The molecule has 0 atom stereocenters. The number of nitrogens with zero attached hydrogens (tertiary/aromatic N) is 2. The molecule has 0 saturated heterocycles. The lowest BCUT2D eigenvalue weighted by Gasteiger charge is -2.27. The summed E-state index contributed by atoms with van der Waals surface area (Å²) in [5.74, 6) is 0.227. The van der Waals surface area contributed by atoms with Crippen molar-refractivity contribution in [3.63, 3.8) is 0 Å². The first-order chi connectivity index (χ1) is 7.42. The van der Waals surface area contributed by atoms with Gasteiger partial charge in [0.25, 0.3) is 0 Å². The van der Waals surface area contributed by atoms with E-state index in [0.717, 1.165) is 13.1 Å². The number of hydrogen-bond donors (Lipinski definition) is 0. The summed E-state index contributed by atoms with van der Waals surface area (Å²) in [5, 5.41) is 0. The predicted octanol–water partition coefficient (Wildman–Crippen LogP) is 2.13. The third kappa shape index (κ3) is 3.74. The van der Waals surface area contributed by atoms with E-state index in [0.29, 0.717) is 0 Å². The first-order valence-electron chi connectivity index (χ1n) is 5.50. The van der Waals surface area contributed by atoms with Crippen molar-refractivity contribution >= 4 is 5.78 Å². The van der Waals surface area contributed by atoms with Gasteiger partial charge >= 0.3 is 0 Å². The van der Waals surface area contributed by atoms with Gasteiger partial charge in [-0.2, -0.15) is 0 Å². The fourth-order valence-corrected chi connectivity index (χ4v) is 1.65. The average molecular weight is 220 g/mol. The van der Waals surface area contributed by atoms with E-state index in [1.54, 1.807) is 13.1 Å². The van der Waals surface area contributed by atoms with E-state index >= 15 is 0 Å². The van der Waals surface area contributed by atoms with Gasteiger partial charge in [-0.3, -0.25) is 9.78 Å². The Hall–Kier alpha value is -1.22. The highest BCUT2D eigenvalue weighted by atomic mass is 16.1. The second kappa shape index (κ2) is 5.21. The lowest BCUT2D eigenvalue weighted by atomic mass is 9.88. The molecule has 0 amide bonds. The maximum atomic E-state index is 11.4. The molecule has 1 aromatic heterocycles. The molecule has 0 aromatic carbocycles. The van der Waals surface area contributed by atoms with Gasteiger partial charge in [-0.05, 0) is 25.6 Å². The van der Waals surface area contributed by atoms with Gasteiger partial charge in [-0.15, -0.1) is 0 Å². The number of hydrogen-bond acceptors (Lipinski definition) is 3. The summed E-state index contributed by atoms with van der Waals surface area (Å²) in [6, 6.07) is 3.98. The largest absolute Gasteiger partial charge is 0.301 e. The fourth-order valence-electron chi connectivity index (χ4n) is 1.65. The van der Waals surface area contributed by atoms with E-state index in [-0.39, 0.29) is 11.2 Å². The van der Waals surface area contributed by atoms with E-state index in [1.165, 1.54) is 5.56 Å². The van der Waals surface area contributed by atoms with Gasteiger partial charge in [0.15, 0.2) is 0 Å². The molecular formula is C13H20N2O. The summed E-state index contributed by atoms with van der Waals surface area (Å²) in [6.07, 6.45) is 3.63. The minimum absolute atomic E-state index is 0.227. The number of Topliss-reactive ketones (excluding diaryl/α,β-unsaturated/α-hetero) is 1. The SMILES string of the molecule is CC(=O)C(C)(C)CN(C)Cc1cccnc1. The van der Waals surface area contributed by atoms with Gasteiger partial charge in [0.1, 0.15) is 5.78 Å². The Bertz CT molecular complexity index is 346. The van der Waals surface area contributed by atoms with Crippen LogP contribution in [-0.4, -0.2) is 29.3 Å². The van der Waals surface area contributed by atoms with Crippen LogP contribution in [-0.2, 0) is 11.3 Å². The molecule has 0 bridgehead atoms. The zero-order valence-electron chi connectivity index (χ0n) is 10.5. The van der Waals surface area contributed by atoms with E-state index < -0.39 is 0 Å². The maximum Gasteiger partial charge on any atom is 0.136 e. The summed E-state index contributed by atoms with van der Waals surface area (Å²) in [5.41, 5.74) is 0.890. The molecular weight excluding hydrogens is 200 g/mol. The molecule has 0 spiro atoms. The minimum atomic E-state index is -0.281. The van der Waals surface area contributed by atoms with Gasteiger partial charge < -0.3 is 4.90 Å². The zero-order chi connectivity index (χ0) is 12.2. The Morgan fingerprint density at radius 2 is 2.19 bits per heavy atom. The van der Waals surface area contributed by atoms with Crippen LogP contribution in [0.2, 0.25) is 0 Å². The van der Waals surface area contributed by atoms with Crippen LogP contribution in [0.1, 0.15) is 26.3 Å². The van der Waals surface area contributed by atoms with E-state index in [9.17, 15) is 4.79 Å². The molecule has 1 aromatic rings. The second-order valence-corrected chi connectivity index (χ2v) is 4.97. The molecule has 1 heterocycles. The third-order valence-corrected chi connectivity index (χ3v) is 2.79. The van der Waals surface area contributed by atoms with Crippen LogP contribution in [0.5, 0.6) is 0 Å². The predicted molar refractivity (Wildman–Crippen MR) is 65.0 cm³/mol. The molecule has 0 fully saturated rings. The third-order valence-electron chi connectivity index (χ3n) is 2.79. The molecule has 0 N–H and O–H groups in total. The number of carbonyl (C=O) groups is 1. The first kappa shape index (κ1) is 12.8. The van der Waals surface area contributed by atoms with E-state index in [4.69, 9.17) is 0 Å². The molecule has 3 heteroatoms. The quantitative estimate of drug-likeness (QED) is 0.762. The van der Waals surface area contributed by atoms with Crippen LogP contribution < -0.4 is 0 Å². The Kier molecular flexibility index (Phi) is 4.19.